The quantitative estimate of drug-likeness (QED) is 0.637. The van der Waals surface area contributed by atoms with Gasteiger partial charge in [-0.05, 0) is 22.7 Å². The van der Waals surface area contributed by atoms with Gasteiger partial charge in [0.15, 0.2) is 6.17 Å². The summed E-state index contributed by atoms with van der Waals surface area (Å²) < 4.78 is 0. The van der Waals surface area contributed by atoms with E-state index >= 15 is 0 Å². The second-order valence-corrected chi connectivity index (χ2v) is 2.91. The molecule has 1 atom stereocenters. The van der Waals surface area contributed by atoms with E-state index in [1.54, 1.807) is 0 Å². The molecule has 1 aliphatic heterocycles. The van der Waals surface area contributed by atoms with Crippen molar-refractivity contribution in [1.82, 2.24) is 5.32 Å². The fourth-order valence-corrected chi connectivity index (χ4v) is 1.58. The topological polar surface area (TPSA) is 41.5 Å². The average Bonchev–Trinajstić information content (AvgIpc) is 2.17. The summed E-state index contributed by atoms with van der Waals surface area (Å²) in [4.78, 5) is 10.4. The Morgan fingerprint density at radius 1 is 1.42 bits per heavy atom. The lowest BCUT2D eigenvalue weighted by atomic mass is 9.99. The number of fused-ring (bicyclic) bond motifs is 1. The Morgan fingerprint density at radius 2 is 2.25 bits per heavy atom. The highest BCUT2D eigenvalue weighted by atomic mass is 16.3. The van der Waals surface area contributed by atoms with Crippen LogP contribution in [0.1, 0.15) is 17.3 Å². The van der Waals surface area contributed by atoms with Crippen LogP contribution in [0.4, 0.5) is 0 Å². The molecule has 0 bridgehead atoms. The van der Waals surface area contributed by atoms with Crippen molar-refractivity contribution in [2.75, 3.05) is 6.54 Å². The number of hydrogen-bond donors (Lipinski definition) is 1. The summed E-state index contributed by atoms with van der Waals surface area (Å²) in [5.74, 6) is 0. The highest BCUT2D eigenvalue weighted by Crippen LogP contribution is 2.22. The molecular formula is C9H10N2O. The molecule has 0 saturated carbocycles. The average molecular weight is 162 g/mol. The smallest absolute Gasteiger partial charge is 0.168 e. The van der Waals surface area contributed by atoms with Gasteiger partial charge in [-0.3, -0.25) is 5.32 Å². The Bertz CT molecular complexity index is 298. The first-order chi connectivity index (χ1) is 5.92. The summed E-state index contributed by atoms with van der Waals surface area (Å²) in [6.45, 7) is 0.841. The maximum atomic E-state index is 10.4. The van der Waals surface area contributed by atoms with E-state index in [9.17, 15) is 4.91 Å². The minimum atomic E-state index is -0.338. The van der Waals surface area contributed by atoms with Gasteiger partial charge in [0.25, 0.3) is 0 Å². The highest BCUT2D eigenvalue weighted by molar-refractivity contribution is 5.31. The molecule has 0 fully saturated rings. The minimum Gasteiger partial charge on any atom is -0.289 e. The Kier molecular flexibility index (Phi) is 1.87. The van der Waals surface area contributed by atoms with Crippen molar-refractivity contribution in [2.24, 2.45) is 5.18 Å². The van der Waals surface area contributed by atoms with Crippen LogP contribution in [-0.2, 0) is 6.42 Å². The maximum absolute atomic E-state index is 10.4. The van der Waals surface area contributed by atoms with Gasteiger partial charge < -0.3 is 0 Å². The second-order valence-electron chi connectivity index (χ2n) is 2.91. The standard InChI is InChI=1S/C9H10N2O/c12-11-9-8-4-2-1-3-7(8)5-6-10-9/h1-4,9-10H,5-6H2. The van der Waals surface area contributed by atoms with Gasteiger partial charge in [0.1, 0.15) is 0 Å². The van der Waals surface area contributed by atoms with Gasteiger partial charge in [-0.1, -0.05) is 24.3 Å². The Labute approximate surface area is 70.8 Å². The molecule has 3 nitrogen and oxygen atoms in total. The summed E-state index contributed by atoms with van der Waals surface area (Å²) >= 11 is 0. The maximum Gasteiger partial charge on any atom is 0.168 e. The van der Waals surface area contributed by atoms with Crippen molar-refractivity contribution in [1.29, 1.82) is 0 Å². The molecule has 0 radical (unpaired) electrons. The van der Waals surface area contributed by atoms with E-state index in [-0.39, 0.29) is 6.17 Å². The lowest BCUT2D eigenvalue weighted by Crippen LogP contribution is -2.28. The van der Waals surface area contributed by atoms with Gasteiger partial charge in [0.05, 0.1) is 0 Å². The summed E-state index contributed by atoms with van der Waals surface area (Å²) in [7, 11) is 0. The summed E-state index contributed by atoms with van der Waals surface area (Å²) in [5.41, 5.74) is 2.26. The number of rotatable bonds is 1. The first-order valence-corrected chi connectivity index (χ1v) is 4.05. The van der Waals surface area contributed by atoms with Gasteiger partial charge in [-0.2, -0.15) is 0 Å². The van der Waals surface area contributed by atoms with Gasteiger partial charge in [0.2, 0.25) is 0 Å². The molecule has 0 amide bonds. The van der Waals surface area contributed by atoms with Crippen molar-refractivity contribution in [3.8, 4) is 0 Å². The van der Waals surface area contributed by atoms with E-state index in [1.807, 2.05) is 24.3 Å². The van der Waals surface area contributed by atoms with E-state index in [2.05, 4.69) is 10.5 Å². The van der Waals surface area contributed by atoms with Crippen molar-refractivity contribution in [3.63, 3.8) is 0 Å². The van der Waals surface area contributed by atoms with Crippen LogP contribution >= 0.6 is 0 Å². The third-order valence-electron chi connectivity index (χ3n) is 2.19. The third kappa shape index (κ3) is 1.12. The van der Waals surface area contributed by atoms with Crippen LogP contribution in [0, 0.1) is 4.91 Å². The Hall–Kier alpha value is -1.22. The third-order valence-corrected chi connectivity index (χ3v) is 2.19. The van der Waals surface area contributed by atoms with E-state index in [4.69, 9.17) is 0 Å². The zero-order valence-corrected chi connectivity index (χ0v) is 6.66. The van der Waals surface area contributed by atoms with Crippen molar-refractivity contribution >= 4 is 0 Å². The molecule has 1 aromatic rings. The molecule has 0 aliphatic carbocycles. The van der Waals surface area contributed by atoms with Crippen molar-refractivity contribution in [3.05, 3.63) is 40.3 Å². The molecule has 0 aromatic heterocycles. The van der Waals surface area contributed by atoms with Crippen LogP contribution in [-0.4, -0.2) is 6.54 Å². The van der Waals surface area contributed by atoms with E-state index in [0.717, 1.165) is 18.5 Å². The van der Waals surface area contributed by atoms with Crippen LogP contribution in [0.15, 0.2) is 29.4 Å². The van der Waals surface area contributed by atoms with Crippen molar-refractivity contribution < 1.29 is 0 Å². The lowest BCUT2D eigenvalue weighted by Gasteiger charge is -2.20. The molecule has 0 spiro atoms. The van der Waals surface area contributed by atoms with Crippen molar-refractivity contribution in [2.45, 2.75) is 12.6 Å². The van der Waals surface area contributed by atoms with Crippen LogP contribution in [0.5, 0.6) is 0 Å². The zero-order chi connectivity index (χ0) is 8.39. The van der Waals surface area contributed by atoms with Crippen LogP contribution in [0.3, 0.4) is 0 Å². The predicted molar refractivity (Wildman–Crippen MR) is 46.7 cm³/mol. The molecule has 1 aromatic carbocycles. The predicted octanol–water partition coefficient (Wildman–Crippen LogP) is 1.60. The fraction of sp³-hybridized carbons (Fsp3) is 0.333. The van der Waals surface area contributed by atoms with E-state index in [1.165, 1.54) is 5.56 Å². The highest BCUT2D eigenvalue weighted by Gasteiger charge is 2.18. The normalized spacial score (nSPS) is 21.5. The number of hydrogen-bond acceptors (Lipinski definition) is 3. The Balaban J connectivity index is 2.43. The molecule has 1 aliphatic rings. The molecule has 62 valence electrons. The van der Waals surface area contributed by atoms with Gasteiger partial charge in [0, 0.05) is 6.54 Å². The fourth-order valence-electron chi connectivity index (χ4n) is 1.58. The van der Waals surface area contributed by atoms with Crippen LogP contribution in [0.25, 0.3) is 0 Å². The summed E-state index contributed by atoms with van der Waals surface area (Å²) in [6.07, 6.45) is 0.650. The lowest BCUT2D eigenvalue weighted by molar-refractivity contribution is 0.520. The monoisotopic (exact) mass is 162 g/mol. The molecule has 1 heterocycles. The van der Waals surface area contributed by atoms with Gasteiger partial charge >= 0.3 is 0 Å². The molecule has 1 unspecified atom stereocenters. The SMILES string of the molecule is O=NC1NCCc2ccccc21. The summed E-state index contributed by atoms with van der Waals surface area (Å²) in [6, 6.07) is 7.93. The van der Waals surface area contributed by atoms with Gasteiger partial charge in [-0.25, -0.2) is 0 Å². The largest absolute Gasteiger partial charge is 0.289 e. The Morgan fingerprint density at radius 3 is 3.08 bits per heavy atom. The minimum absolute atomic E-state index is 0.338. The zero-order valence-electron chi connectivity index (χ0n) is 6.66. The number of benzene rings is 1. The second kappa shape index (κ2) is 3.03. The molecular weight excluding hydrogens is 152 g/mol. The van der Waals surface area contributed by atoms with Crippen LogP contribution in [0.2, 0.25) is 0 Å². The van der Waals surface area contributed by atoms with Crippen LogP contribution < -0.4 is 5.32 Å². The first-order valence-electron chi connectivity index (χ1n) is 4.05. The van der Waals surface area contributed by atoms with E-state index in [0.29, 0.717) is 0 Å². The van der Waals surface area contributed by atoms with Gasteiger partial charge in [-0.15, -0.1) is 4.91 Å². The number of nitroso groups, excluding NO2 is 1. The first kappa shape index (κ1) is 7.43. The molecule has 3 heteroatoms. The summed E-state index contributed by atoms with van der Waals surface area (Å²) in [5, 5.41) is 6.07. The molecule has 1 N–H and O–H groups in total. The van der Waals surface area contributed by atoms with E-state index < -0.39 is 0 Å². The number of nitrogens with one attached hydrogen (secondary N) is 1. The molecule has 0 saturated heterocycles. The molecule has 12 heavy (non-hydrogen) atoms. The number of nitrogens with zero attached hydrogens (tertiary/aromatic N) is 1. The molecule has 2 rings (SSSR count).